The van der Waals surface area contributed by atoms with Crippen LogP contribution >= 0.6 is 0 Å². The predicted molar refractivity (Wildman–Crippen MR) is 40.8 cm³/mol. The van der Waals surface area contributed by atoms with E-state index in [9.17, 15) is 0 Å². The van der Waals surface area contributed by atoms with Crippen LogP contribution in [0.4, 0.5) is 0 Å². The van der Waals surface area contributed by atoms with Crippen molar-refractivity contribution in [3.63, 3.8) is 0 Å². The van der Waals surface area contributed by atoms with Crippen molar-refractivity contribution in [3.8, 4) is 0 Å². The van der Waals surface area contributed by atoms with Gasteiger partial charge in [0.2, 0.25) is 0 Å². The fourth-order valence-electron chi connectivity index (χ4n) is 2.80. The van der Waals surface area contributed by atoms with Crippen LogP contribution < -0.4 is 5.32 Å². The maximum absolute atomic E-state index is 3.75. The molecule has 3 aliphatic rings. The van der Waals surface area contributed by atoms with Crippen LogP contribution in [0.15, 0.2) is 0 Å². The van der Waals surface area contributed by atoms with Gasteiger partial charge in [0.05, 0.1) is 0 Å². The Morgan fingerprint density at radius 1 is 0.800 bits per heavy atom. The molecule has 0 aromatic heterocycles. The zero-order chi connectivity index (χ0) is 6.55. The fourth-order valence-corrected chi connectivity index (χ4v) is 2.80. The first-order chi connectivity index (χ1) is 4.93. The van der Waals surface area contributed by atoms with Crippen molar-refractivity contribution in [2.45, 2.75) is 44.2 Å². The van der Waals surface area contributed by atoms with Crippen molar-refractivity contribution in [2.75, 3.05) is 0 Å². The molecule has 3 fully saturated rings. The molecule has 0 bridgehead atoms. The Kier molecular flexibility index (Phi) is 0.984. The minimum absolute atomic E-state index is 0.946. The fraction of sp³-hybridized carbons (Fsp3) is 1.00. The number of piperidine rings is 1. The molecule has 0 spiro atoms. The molecule has 1 saturated heterocycles. The first kappa shape index (κ1) is 5.59. The van der Waals surface area contributed by atoms with Gasteiger partial charge in [-0.3, -0.25) is 0 Å². The molecule has 1 nitrogen and oxygen atoms in total. The molecule has 2 saturated carbocycles. The van der Waals surface area contributed by atoms with Gasteiger partial charge in [-0.15, -0.1) is 0 Å². The third-order valence-electron chi connectivity index (χ3n) is 3.87. The average Bonchev–Trinajstić information content (AvgIpc) is 1.82. The van der Waals surface area contributed by atoms with Crippen molar-refractivity contribution in [1.29, 1.82) is 0 Å². The van der Waals surface area contributed by atoms with Gasteiger partial charge in [0.25, 0.3) is 0 Å². The molecule has 3 rings (SSSR count). The second-order valence-electron chi connectivity index (χ2n) is 4.29. The lowest BCUT2D eigenvalue weighted by Gasteiger charge is -2.53. The second kappa shape index (κ2) is 1.76. The van der Waals surface area contributed by atoms with Crippen LogP contribution in [-0.2, 0) is 0 Å². The molecule has 2 aliphatic carbocycles. The van der Waals surface area contributed by atoms with Gasteiger partial charge in [-0.25, -0.2) is 0 Å². The van der Waals surface area contributed by atoms with Gasteiger partial charge in [0, 0.05) is 12.1 Å². The van der Waals surface area contributed by atoms with Crippen LogP contribution in [0.25, 0.3) is 0 Å². The summed E-state index contributed by atoms with van der Waals surface area (Å²) in [5.74, 6) is 2.17. The molecular formula is C9H15N. The number of fused-ring (bicyclic) bond motifs is 2. The standard InChI is InChI=1S/C9H15N/c1-3-8-6(1)5-7-2-4-9(7)10-8/h6-10H,1-5H2. The Hall–Kier alpha value is -0.0400. The highest BCUT2D eigenvalue weighted by Gasteiger charge is 2.44. The van der Waals surface area contributed by atoms with Crippen molar-refractivity contribution in [3.05, 3.63) is 0 Å². The monoisotopic (exact) mass is 137 g/mol. The Balaban J connectivity index is 1.74. The number of rotatable bonds is 0. The highest BCUT2D eigenvalue weighted by Crippen LogP contribution is 2.45. The van der Waals surface area contributed by atoms with Gasteiger partial charge < -0.3 is 5.32 Å². The smallest absolute Gasteiger partial charge is 0.00982 e. The maximum Gasteiger partial charge on any atom is 0.00982 e. The number of hydrogen-bond donors (Lipinski definition) is 1. The predicted octanol–water partition coefficient (Wildman–Crippen LogP) is 1.54. The summed E-state index contributed by atoms with van der Waals surface area (Å²) in [5.41, 5.74) is 0. The molecule has 0 aromatic carbocycles. The van der Waals surface area contributed by atoms with E-state index in [0.717, 1.165) is 23.9 Å². The van der Waals surface area contributed by atoms with Crippen molar-refractivity contribution >= 4 is 0 Å². The van der Waals surface area contributed by atoms with Gasteiger partial charge >= 0.3 is 0 Å². The molecule has 4 atom stereocenters. The number of nitrogens with one attached hydrogen (secondary N) is 1. The summed E-state index contributed by atoms with van der Waals surface area (Å²) in [7, 11) is 0. The molecular weight excluding hydrogens is 122 g/mol. The van der Waals surface area contributed by atoms with Gasteiger partial charge in [-0.1, -0.05) is 0 Å². The summed E-state index contributed by atoms with van der Waals surface area (Å²) < 4.78 is 0. The number of hydrogen-bond acceptors (Lipinski definition) is 1. The van der Waals surface area contributed by atoms with Crippen molar-refractivity contribution in [1.82, 2.24) is 5.32 Å². The third kappa shape index (κ3) is 0.572. The van der Waals surface area contributed by atoms with Crippen molar-refractivity contribution < 1.29 is 0 Å². The van der Waals surface area contributed by atoms with Crippen LogP contribution in [0.5, 0.6) is 0 Å². The summed E-state index contributed by atoms with van der Waals surface area (Å²) in [5, 5.41) is 3.75. The summed E-state index contributed by atoms with van der Waals surface area (Å²) in [6.07, 6.45) is 7.52. The lowest BCUT2D eigenvalue weighted by atomic mass is 9.63. The normalized spacial score (nSPS) is 57.6. The topological polar surface area (TPSA) is 12.0 Å². The molecule has 0 amide bonds. The Morgan fingerprint density at radius 2 is 1.40 bits per heavy atom. The van der Waals surface area contributed by atoms with E-state index in [1.54, 1.807) is 6.42 Å². The highest BCUT2D eigenvalue weighted by atomic mass is 15.0. The lowest BCUT2D eigenvalue weighted by molar-refractivity contribution is 0.0309. The Morgan fingerprint density at radius 3 is 1.70 bits per heavy atom. The van der Waals surface area contributed by atoms with Gasteiger partial charge in [-0.2, -0.15) is 0 Å². The summed E-state index contributed by atoms with van der Waals surface area (Å²) >= 11 is 0. The molecule has 1 heteroatoms. The molecule has 0 aromatic rings. The first-order valence-electron chi connectivity index (χ1n) is 4.69. The Labute approximate surface area is 62.2 Å². The van der Waals surface area contributed by atoms with E-state index >= 15 is 0 Å². The largest absolute Gasteiger partial charge is 0.311 e. The summed E-state index contributed by atoms with van der Waals surface area (Å²) in [4.78, 5) is 0. The summed E-state index contributed by atoms with van der Waals surface area (Å²) in [6.45, 7) is 0. The molecule has 1 aliphatic heterocycles. The van der Waals surface area contributed by atoms with Crippen LogP contribution in [-0.4, -0.2) is 12.1 Å². The van der Waals surface area contributed by atoms with Crippen LogP contribution in [0, 0.1) is 11.8 Å². The first-order valence-corrected chi connectivity index (χ1v) is 4.69. The van der Waals surface area contributed by atoms with Gasteiger partial charge in [0.15, 0.2) is 0 Å². The molecule has 56 valence electrons. The van der Waals surface area contributed by atoms with E-state index in [-0.39, 0.29) is 0 Å². The zero-order valence-electron chi connectivity index (χ0n) is 6.34. The van der Waals surface area contributed by atoms with Gasteiger partial charge in [-0.05, 0) is 43.9 Å². The van der Waals surface area contributed by atoms with E-state index < -0.39 is 0 Å². The average molecular weight is 137 g/mol. The van der Waals surface area contributed by atoms with E-state index in [1.807, 2.05) is 0 Å². The van der Waals surface area contributed by atoms with Gasteiger partial charge in [0.1, 0.15) is 0 Å². The molecule has 4 unspecified atom stereocenters. The highest BCUT2D eigenvalue weighted by molar-refractivity contribution is 5.01. The summed E-state index contributed by atoms with van der Waals surface area (Å²) in [6, 6.07) is 1.89. The third-order valence-corrected chi connectivity index (χ3v) is 3.87. The SMILES string of the molecule is C1CC2NC3CCC3CC12. The van der Waals surface area contributed by atoms with E-state index in [0.29, 0.717) is 0 Å². The van der Waals surface area contributed by atoms with E-state index in [1.165, 1.54) is 25.7 Å². The van der Waals surface area contributed by atoms with Crippen LogP contribution in [0.2, 0.25) is 0 Å². The zero-order valence-corrected chi connectivity index (χ0v) is 6.34. The Bertz CT molecular complexity index is 121. The van der Waals surface area contributed by atoms with Crippen molar-refractivity contribution in [2.24, 2.45) is 11.8 Å². The minimum Gasteiger partial charge on any atom is -0.311 e. The lowest BCUT2D eigenvalue weighted by Crippen LogP contribution is -2.60. The van der Waals surface area contributed by atoms with E-state index in [2.05, 4.69) is 5.32 Å². The van der Waals surface area contributed by atoms with Crippen LogP contribution in [0.3, 0.4) is 0 Å². The maximum atomic E-state index is 3.75. The molecule has 1 heterocycles. The quantitative estimate of drug-likeness (QED) is 0.534. The second-order valence-corrected chi connectivity index (χ2v) is 4.29. The van der Waals surface area contributed by atoms with E-state index in [4.69, 9.17) is 0 Å². The molecule has 10 heavy (non-hydrogen) atoms. The minimum atomic E-state index is 0.946. The molecule has 1 N–H and O–H groups in total. The van der Waals surface area contributed by atoms with Crippen LogP contribution in [0.1, 0.15) is 32.1 Å². The molecule has 0 radical (unpaired) electrons.